The molecule has 0 heterocycles. The zero-order valence-corrected chi connectivity index (χ0v) is 22.9. The third-order valence-electron chi connectivity index (χ3n) is 6.10. The van der Waals surface area contributed by atoms with Crippen LogP contribution < -0.4 is 0 Å². The second-order valence-corrected chi connectivity index (χ2v) is 9.46. The Kier molecular flexibility index (Phi) is 27.9. The van der Waals surface area contributed by atoms with E-state index in [4.69, 9.17) is 14.2 Å². The molecule has 0 fully saturated rings. The lowest BCUT2D eigenvalue weighted by Crippen LogP contribution is -2.09. The van der Waals surface area contributed by atoms with Gasteiger partial charge in [-0.3, -0.25) is 9.59 Å². The molecule has 0 bridgehead atoms. The number of carbonyl (C=O) groups excluding carboxylic acids is 2. The van der Waals surface area contributed by atoms with Crippen molar-refractivity contribution < 1.29 is 23.8 Å². The zero-order valence-electron chi connectivity index (χ0n) is 22.9. The van der Waals surface area contributed by atoms with Crippen LogP contribution in [0.5, 0.6) is 0 Å². The molecule has 0 aromatic heterocycles. The van der Waals surface area contributed by atoms with Gasteiger partial charge in [0.2, 0.25) is 0 Å². The van der Waals surface area contributed by atoms with Crippen LogP contribution in [-0.4, -0.2) is 39.4 Å². The highest BCUT2D eigenvalue weighted by molar-refractivity contribution is 5.73. The molecule has 5 nitrogen and oxygen atoms in total. The molecule has 0 saturated heterocycles. The van der Waals surface area contributed by atoms with E-state index in [9.17, 15) is 9.59 Å². The van der Waals surface area contributed by atoms with Crippen LogP contribution in [0.15, 0.2) is 23.3 Å². The molecule has 0 atom stereocenters. The minimum absolute atomic E-state index is 0.0569. The predicted molar refractivity (Wildman–Crippen MR) is 145 cm³/mol. The van der Waals surface area contributed by atoms with Crippen LogP contribution in [-0.2, 0) is 23.8 Å². The van der Waals surface area contributed by atoms with E-state index < -0.39 is 0 Å². The van der Waals surface area contributed by atoms with E-state index in [0.717, 1.165) is 38.3 Å². The Balaban J connectivity index is 3.65. The van der Waals surface area contributed by atoms with Crippen LogP contribution in [0.25, 0.3) is 0 Å². The molecule has 0 unspecified atom stereocenters. The molecule has 0 aliphatic heterocycles. The Bertz CT molecular complexity index is 481. The third kappa shape index (κ3) is 25.6. The van der Waals surface area contributed by atoms with E-state index in [1.807, 2.05) is 12.2 Å². The van der Waals surface area contributed by atoms with Crippen LogP contribution in [0.1, 0.15) is 129 Å². The number of ether oxygens (including phenoxy) is 3. The first-order valence-corrected chi connectivity index (χ1v) is 14.3. The molecule has 0 aliphatic carbocycles. The number of carbonyl (C=O) groups is 2. The number of unbranched alkanes of at least 4 members (excludes halogenated alkanes) is 16. The summed E-state index contributed by atoms with van der Waals surface area (Å²) < 4.78 is 16.1. The topological polar surface area (TPSA) is 61.8 Å². The lowest BCUT2D eigenvalue weighted by Gasteiger charge is -2.07. The standard InChI is InChI=1S/C30H54O5/c1-3-5-7-9-11-13-15-17-19-21-29(23-31)25-33-27-35-28-34-26-30(24-32)22-20-18-16-14-12-10-8-6-4-2/h21-24H,3-20,25-28H2,1-2H3. The third-order valence-corrected chi connectivity index (χ3v) is 6.10. The summed E-state index contributed by atoms with van der Waals surface area (Å²) in [7, 11) is 0. The van der Waals surface area contributed by atoms with Gasteiger partial charge in [0.1, 0.15) is 26.2 Å². The van der Waals surface area contributed by atoms with E-state index in [1.165, 1.54) is 89.9 Å². The Morgan fingerprint density at radius 2 is 0.829 bits per heavy atom. The van der Waals surface area contributed by atoms with Gasteiger partial charge in [-0.1, -0.05) is 116 Å². The summed E-state index contributed by atoms with van der Waals surface area (Å²) in [5.41, 5.74) is 1.31. The molecule has 204 valence electrons. The van der Waals surface area contributed by atoms with E-state index in [1.54, 1.807) is 0 Å². The van der Waals surface area contributed by atoms with Gasteiger partial charge >= 0.3 is 0 Å². The summed E-state index contributed by atoms with van der Waals surface area (Å²) in [6.07, 6.45) is 28.0. The maximum atomic E-state index is 11.2. The zero-order chi connectivity index (χ0) is 25.7. The van der Waals surface area contributed by atoms with Crippen molar-refractivity contribution in [2.75, 3.05) is 26.8 Å². The summed E-state index contributed by atoms with van der Waals surface area (Å²) >= 11 is 0. The first-order valence-electron chi connectivity index (χ1n) is 14.3. The molecule has 0 aliphatic rings. The monoisotopic (exact) mass is 494 g/mol. The van der Waals surface area contributed by atoms with Crippen LogP contribution in [0.3, 0.4) is 0 Å². The summed E-state index contributed by atoms with van der Waals surface area (Å²) in [5, 5.41) is 0. The van der Waals surface area contributed by atoms with E-state index >= 15 is 0 Å². The Labute approximate surface area is 216 Å². The van der Waals surface area contributed by atoms with Crippen molar-refractivity contribution in [3.8, 4) is 0 Å². The molecule has 0 N–H and O–H groups in total. The SMILES string of the molecule is CCCCCCCCCCC=C(C=O)COCOCOCC(C=O)=CCCCCCCCCCC. The van der Waals surface area contributed by atoms with Crippen LogP contribution in [0, 0.1) is 0 Å². The van der Waals surface area contributed by atoms with Crippen molar-refractivity contribution in [3.63, 3.8) is 0 Å². The fourth-order valence-corrected chi connectivity index (χ4v) is 3.88. The summed E-state index contributed by atoms with van der Waals surface area (Å²) in [6, 6.07) is 0. The molecule has 0 saturated carbocycles. The van der Waals surface area contributed by atoms with Crippen LogP contribution >= 0.6 is 0 Å². The smallest absolute Gasteiger partial charge is 0.150 e. The molecule has 0 rings (SSSR count). The second kappa shape index (κ2) is 28.9. The lowest BCUT2D eigenvalue weighted by molar-refractivity contribution is -0.126. The van der Waals surface area contributed by atoms with Crippen LogP contribution in [0.2, 0.25) is 0 Å². The van der Waals surface area contributed by atoms with Crippen LogP contribution in [0.4, 0.5) is 0 Å². The second-order valence-electron chi connectivity index (χ2n) is 9.46. The first kappa shape index (κ1) is 33.7. The largest absolute Gasteiger partial charge is 0.351 e. The normalized spacial score (nSPS) is 12.3. The van der Waals surface area contributed by atoms with Crippen molar-refractivity contribution in [2.24, 2.45) is 0 Å². The maximum Gasteiger partial charge on any atom is 0.150 e. The number of allylic oxidation sites excluding steroid dienone is 2. The molecule has 35 heavy (non-hydrogen) atoms. The molecular formula is C30H54O5. The van der Waals surface area contributed by atoms with Gasteiger partial charge in [-0.05, 0) is 25.7 Å². The summed E-state index contributed by atoms with van der Waals surface area (Å²) in [4.78, 5) is 22.4. The molecule has 5 heteroatoms. The minimum atomic E-state index is 0.0569. The van der Waals surface area contributed by atoms with Crippen molar-refractivity contribution in [1.29, 1.82) is 0 Å². The van der Waals surface area contributed by atoms with Crippen molar-refractivity contribution in [2.45, 2.75) is 129 Å². The maximum absolute atomic E-state index is 11.2. The summed E-state index contributed by atoms with van der Waals surface area (Å²) in [5.74, 6) is 0. The van der Waals surface area contributed by atoms with Crippen molar-refractivity contribution in [3.05, 3.63) is 23.3 Å². The number of hydrogen-bond acceptors (Lipinski definition) is 5. The highest BCUT2D eigenvalue weighted by atomic mass is 16.7. The number of hydrogen-bond donors (Lipinski definition) is 0. The minimum Gasteiger partial charge on any atom is -0.351 e. The Hall–Kier alpha value is -1.30. The molecule has 0 aromatic rings. The van der Waals surface area contributed by atoms with E-state index in [0.29, 0.717) is 11.1 Å². The quantitative estimate of drug-likeness (QED) is 0.0474. The molecule has 0 aromatic carbocycles. The van der Waals surface area contributed by atoms with Gasteiger partial charge < -0.3 is 14.2 Å². The molecule has 0 radical (unpaired) electrons. The average molecular weight is 495 g/mol. The Morgan fingerprint density at radius 1 is 0.486 bits per heavy atom. The first-order chi connectivity index (χ1) is 17.3. The van der Waals surface area contributed by atoms with Crippen molar-refractivity contribution in [1.82, 2.24) is 0 Å². The molecular weight excluding hydrogens is 440 g/mol. The molecule has 0 amide bonds. The number of rotatable bonds is 28. The molecule has 0 spiro atoms. The van der Waals surface area contributed by atoms with Gasteiger partial charge in [-0.2, -0.15) is 0 Å². The van der Waals surface area contributed by atoms with Gasteiger partial charge in [-0.25, -0.2) is 0 Å². The van der Waals surface area contributed by atoms with Gasteiger partial charge in [0.25, 0.3) is 0 Å². The fourth-order valence-electron chi connectivity index (χ4n) is 3.88. The lowest BCUT2D eigenvalue weighted by atomic mass is 10.1. The highest BCUT2D eigenvalue weighted by Gasteiger charge is 1.99. The van der Waals surface area contributed by atoms with Gasteiger partial charge in [0.05, 0.1) is 13.2 Å². The Morgan fingerprint density at radius 3 is 1.17 bits per heavy atom. The van der Waals surface area contributed by atoms with Gasteiger partial charge in [-0.15, -0.1) is 0 Å². The fraction of sp³-hybridized carbons (Fsp3) is 0.800. The van der Waals surface area contributed by atoms with Gasteiger partial charge in [0, 0.05) is 11.1 Å². The highest BCUT2D eigenvalue weighted by Crippen LogP contribution is 2.11. The van der Waals surface area contributed by atoms with Gasteiger partial charge in [0.15, 0.2) is 0 Å². The van der Waals surface area contributed by atoms with Crippen molar-refractivity contribution >= 4 is 12.6 Å². The summed E-state index contributed by atoms with van der Waals surface area (Å²) in [6.45, 7) is 5.09. The van der Waals surface area contributed by atoms with E-state index in [2.05, 4.69) is 13.8 Å². The predicted octanol–water partition coefficient (Wildman–Crippen LogP) is 8.26. The van der Waals surface area contributed by atoms with E-state index in [-0.39, 0.29) is 26.8 Å². The number of aldehydes is 2. The average Bonchev–Trinajstić information content (AvgIpc) is 2.88.